The van der Waals surface area contributed by atoms with Crippen molar-refractivity contribution >= 4 is 11.5 Å². The van der Waals surface area contributed by atoms with E-state index in [1.54, 1.807) is 13.8 Å². The van der Waals surface area contributed by atoms with Crippen LogP contribution in [0, 0.1) is 19.7 Å². The highest BCUT2D eigenvalue weighted by Gasteiger charge is 2.24. The number of aromatic hydroxyl groups is 1. The van der Waals surface area contributed by atoms with Gasteiger partial charge in [-0.1, -0.05) is 18.5 Å². The molecule has 4 N–H and O–H groups in total. The van der Waals surface area contributed by atoms with E-state index >= 15 is 0 Å². The molecule has 3 aromatic rings. The van der Waals surface area contributed by atoms with E-state index in [0.717, 1.165) is 18.2 Å². The average molecular weight is 373 g/mol. The summed E-state index contributed by atoms with van der Waals surface area (Å²) in [7, 11) is 0. The third kappa shape index (κ3) is 3.54. The number of nitrogens with one attached hydrogen (secondary N) is 2. The number of benzene rings is 1. The van der Waals surface area contributed by atoms with Crippen LogP contribution in [0.25, 0.3) is 11.3 Å². The highest BCUT2D eigenvalue weighted by atomic mass is 19.1. The van der Waals surface area contributed by atoms with Gasteiger partial charge in [0.05, 0.1) is 16.8 Å². The van der Waals surface area contributed by atoms with E-state index in [-0.39, 0.29) is 17.3 Å². The first kappa shape index (κ1) is 18.6. The van der Waals surface area contributed by atoms with Crippen molar-refractivity contribution in [2.45, 2.75) is 33.6 Å². The molecule has 3 rings (SSSR count). The smallest absolute Gasteiger partial charge is 0.161 e. The van der Waals surface area contributed by atoms with Crippen LogP contribution in [-0.4, -0.2) is 31.5 Å². The Hall–Kier alpha value is -3.20. The Kier molecular flexibility index (Phi) is 5.22. The first-order valence-electron chi connectivity index (χ1n) is 8.44. The maximum absolute atomic E-state index is 14.1. The largest absolute Gasteiger partial charge is 0.508 e. The standard InChI is InChI=1S/C18H20FN5O3/c1-4-5-14-16(17(22-21-14)15-9(2)24-27-10(15)3)18(23-26)20-13-7-6-11(25)8-12(13)19/h6-8,25-26H,4-5H2,1-3H3,(H,20,23)(H,21,22). The van der Waals surface area contributed by atoms with Crippen LogP contribution in [0.4, 0.5) is 10.1 Å². The molecular weight excluding hydrogens is 353 g/mol. The van der Waals surface area contributed by atoms with Crippen LogP contribution in [0.3, 0.4) is 0 Å². The number of hydrogen-bond acceptors (Lipinski definition) is 6. The Balaban J connectivity index is 2.20. The molecule has 0 unspecified atom stereocenters. The number of H-pyrrole nitrogens is 1. The average Bonchev–Trinajstić information content (AvgIpc) is 3.18. The first-order valence-corrected chi connectivity index (χ1v) is 8.44. The first-order chi connectivity index (χ1) is 13.0. The van der Waals surface area contributed by atoms with Crippen LogP contribution in [0.15, 0.2) is 27.7 Å². The summed E-state index contributed by atoms with van der Waals surface area (Å²) in [5.41, 5.74) is 5.04. The van der Waals surface area contributed by atoms with E-state index < -0.39 is 5.82 Å². The lowest BCUT2D eigenvalue weighted by atomic mass is 10.0. The molecule has 0 fully saturated rings. The van der Waals surface area contributed by atoms with Crippen molar-refractivity contribution in [3.63, 3.8) is 0 Å². The Morgan fingerprint density at radius 3 is 2.74 bits per heavy atom. The van der Waals surface area contributed by atoms with Crippen LogP contribution >= 0.6 is 0 Å². The number of aryl methyl sites for hydroxylation is 3. The predicted octanol–water partition coefficient (Wildman–Crippen LogP) is 3.54. The summed E-state index contributed by atoms with van der Waals surface area (Å²) in [5.74, 6) is -0.346. The van der Waals surface area contributed by atoms with Gasteiger partial charge in [0.1, 0.15) is 22.9 Å². The van der Waals surface area contributed by atoms with Crippen molar-refractivity contribution < 1.29 is 19.2 Å². The van der Waals surface area contributed by atoms with Crippen molar-refractivity contribution in [2.24, 2.45) is 4.99 Å². The molecule has 0 atom stereocenters. The molecule has 0 aliphatic heterocycles. The minimum absolute atomic E-state index is 0.0202. The van der Waals surface area contributed by atoms with E-state index in [4.69, 9.17) is 4.52 Å². The highest BCUT2D eigenvalue weighted by molar-refractivity contribution is 6.05. The molecule has 2 aromatic heterocycles. The number of rotatable bonds is 5. The van der Waals surface area contributed by atoms with Crippen LogP contribution in [0.1, 0.15) is 36.1 Å². The molecule has 1 aromatic carbocycles. The zero-order valence-electron chi connectivity index (χ0n) is 15.2. The third-order valence-electron chi connectivity index (χ3n) is 4.12. The number of aromatic amines is 1. The molecule has 0 aliphatic rings. The number of amidine groups is 1. The molecule has 0 radical (unpaired) electrons. The Bertz CT molecular complexity index is 974. The Labute approximate surface area is 154 Å². The second-order valence-corrected chi connectivity index (χ2v) is 6.08. The Morgan fingerprint density at radius 2 is 2.15 bits per heavy atom. The van der Waals surface area contributed by atoms with E-state index in [9.17, 15) is 14.7 Å². The zero-order chi connectivity index (χ0) is 19.6. The van der Waals surface area contributed by atoms with E-state index in [2.05, 4.69) is 20.3 Å². The van der Waals surface area contributed by atoms with Crippen molar-refractivity contribution in [1.29, 1.82) is 0 Å². The van der Waals surface area contributed by atoms with Crippen LogP contribution in [0.5, 0.6) is 5.75 Å². The van der Waals surface area contributed by atoms with Crippen molar-refractivity contribution in [2.75, 3.05) is 0 Å². The molecule has 0 saturated carbocycles. The number of hydroxylamine groups is 1. The number of hydrogen-bond donors (Lipinski definition) is 4. The highest BCUT2D eigenvalue weighted by Crippen LogP contribution is 2.31. The number of nitrogens with zero attached hydrogens (tertiary/aromatic N) is 3. The van der Waals surface area contributed by atoms with Gasteiger partial charge in [-0.2, -0.15) is 5.10 Å². The van der Waals surface area contributed by atoms with E-state index in [0.29, 0.717) is 34.7 Å². The fourth-order valence-corrected chi connectivity index (χ4v) is 2.91. The van der Waals surface area contributed by atoms with Crippen molar-refractivity contribution in [3.8, 4) is 17.0 Å². The van der Waals surface area contributed by atoms with Gasteiger partial charge in [0.15, 0.2) is 11.7 Å². The van der Waals surface area contributed by atoms with Gasteiger partial charge >= 0.3 is 0 Å². The Morgan fingerprint density at radius 1 is 1.37 bits per heavy atom. The van der Waals surface area contributed by atoms with Gasteiger partial charge in [-0.05, 0) is 32.4 Å². The maximum atomic E-state index is 14.1. The van der Waals surface area contributed by atoms with Crippen molar-refractivity contribution in [3.05, 3.63) is 46.7 Å². The molecule has 27 heavy (non-hydrogen) atoms. The number of aromatic nitrogens is 3. The molecule has 0 aliphatic carbocycles. The van der Waals surface area contributed by atoms with Gasteiger partial charge in [0, 0.05) is 11.8 Å². The second-order valence-electron chi connectivity index (χ2n) is 6.08. The molecule has 0 saturated heterocycles. The molecular formula is C18H20FN5O3. The van der Waals surface area contributed by atoms with Gasteiger partial charge in [-0.15, -0.1) is 0 Å². The van der Waals surface area contributed by atoms with Crippen molar-refractivity contribution in [1.82, 2.24) is 20.8 Å². The SMILES string of the molecule is CCCc1[nH]nc(-c2c(C)noc2C)c1C(=Nc1ccc(O)cc1F)NO. The minimum Gasteiger partial charge on any atom is -0.508 e. The third-order valence-corrected chi connectivity index (χ3v) is 4.12. The lowest BCUT2D eigenvalue weighted by Crippen LogP contribution is -2.22. The molecule has 0 spiro atoms. The van der Waals surface area contributed by atoms with Gasteiger partial charge < -0.3 is 9.63 Å². The monoisotopic (exact) mass is 373 g/mol. The van der Waals surface area contributed by atoms with Crippen LogP contribution in [0.2, 0.25) is 0 Å². The zero-order valence-corrected chi connectivity index (χ0v) is 15.2. The summed E-state index contributed by atoms with van der Waals surface area (Å²) in [6.45, 7) is 5.55. The number of aliphatic imine (C=N–C) groups is 1. The summed E-state index contributed by atoms with van der Waals surface area (Å²) < 4.78 is 19.3. The summed E-state index contributed by atoms with van der Waals surface area (Å²) in [6.07, 6.45) is 1.47. The number of phenols is 1. The molecule has 142 valence electrons. The lowest BCUT2D eigenvalue weighted by Gasteiger charge is -2.09. The molecule has 9 heteroatoms. The van der Waals surface area contributed by atoms with Gasteiger partial charge in [-0.3, -0.25) is 15.8 Å². The summed E-state index contributed by atoms with van der Waals surface area (Å²) >= 11 is 0. The summed E-state index contributed by atoms with van der Waals surface area (Å²) in [4.78, 5) is 4.19. The fourth-order valence-electron chi connectivity index (χ4n) is 2.91. The van der Waals surface area contributed by atoms with Gasteiger partial charge in [-0.25, -0.2) is 9.38 Å². The number of halogens is 1. The van der Waals surface area contributed by atoms with E-state index in [1.807, 2.05) is 12.4 Å². The number of phenolic OH excluding ortho intramolecular Hbond substituents is 1. The molecule has 0 bridgehead atoms. The van der Waals surface area contributed by atoms with E-state index in [1.165, 1.54) is 12.1 Å². The predicted molar refractivity (Wildman–Crippen MR) is 96.7 cm³/mol. The summed E-state index contributed by atoms with van der Waals surface area (Å²) in [5, 5.41) is 30.4. The van der Waals surface area contributed by atoms with Gasteiger partial charge in [0.2, 0.25) is 0 Å². The topological polar surface area (TPSA) is 120 Å². The molecule has 8 nitrogen and oxygen atoms in total. The normalized spacial score (nSPS) is 11.8. The quantitative estimate of drug-likeness (QED) is 0.308. The van der Waals surface area contributed by atoms with Crippen LogP contribution < -0.4 is 5.48 Å². The fraction of sp³-hybridized carbons (Fsp3) is 0.278. The van der Waals surface area contributed by atoms with Gasteiger partial charge in [0.25, 0.3) is 0 Å². The minimum atomic E-state index is -0.720. The van der Waals surface area contributed by atoms with Crippen LogP contribution in [-0.2, 0) is 6.42 Å². The summed E-state index contributed by atoms with van der Waals surface area (Å²) in [6, 6.07) is 3.58. The lowest BCUT2D eigenvalue weighted by molar-refractivity contribution is 0.235. The molecule has 0 amide bonds. The second kappa shape index (κ2) is 7.58. The molecule has 2 heterocycles. The maximum Gasteiger partial charge on any atom is 0.161 e.